The Morgan fingerprint density at radius 1 is 1.42 bits per heavy atom. The molecule has 0 fully saturated rings. The number of nitrogen functional groups attached to an aromatic ring is 1. The Labute approximate surface area is 115 Å². The fourth-order valence-corrected chi connectivity index (χ4v) is 2.29. The van der Waals surface area contributed by atoms with Crippen LogP contribution in [-0.2, 0) is 16.4 Å². The maximum absolute atomic E-state index is 11.2. The second kappa shape index (κ2) is 5.14. The van der Waals surface area contributed by atoms with Crippen LogP contribution in [0, 0.1) is 0 Å². The van der Waals surface area contributed by atoms with Gasteiger partial charge in [0.05, 0.1) is 17.3 Å². The average molecular weight is 302 g/mol. The van der Waals surface area contributed by atoms with Gasteiger partial charge in [-0.15, -0.1) is 5.10 Å². The minimum absolute atomic E-state index is 0.0440. The van der Waals surface area contributed by atoms with Crippen LogP contribution in [0.4, 0.5) is 5.69 Å². The number of anilines is 1. The first kappa shape index (κ1) is 13.8. The standard InChI is InChI=1S/C10H12ClN5O2S/c1-19(17,18)5-4-16-10(13-14-15-16)8-3-2-7(12)6-9(8)11/h2-3,6H,4-5,12H2,1H3. The van der Waals surface area contributed by atoms with Crippen molar-refractivity contribution in [2.75, 3.05) is 17.7 Å². The summed E-state index contributed by atoms with van der Waals surface area (Å²) >= 11 is 6.08. The summed E-state index contributed by atoms with van der Waals surface area (Å²) in [4.78, 5) is 0. The van der Waals surface area contributed by atoms with Crippen molar-refractivity contribution in [3.63, 3.8) is 0 Å². The summed E-state index contributed by atoms with van der Waals surface area (Å²) in [6.45, 7) is 0.169. The topological polar surface area (TPSA) is 104 Å². The van der Waals surface area contributed by atoms with Crippen molar-refractivity contribution in [1.82, 2.24) is 20.2 Å². The molecule has 2 rings (SSSR count). The molecule has 0 saturated carbocycles. The highest BCUT2D eigenvalue weighted by molar-refractivity contribution is 7.90. The first-order valence-corrected chi connectivity index (χ1v) is 7.80. The minimum atomic E-state index is -3.09. The SMILES string of the molecule is CS(=O)(=O)CCn1nnnc1-c1ccc(N)cc1Cl. The molecule has 0 atom stereocenters. The molecule has 0 amide bonds. The van der Waals surface area contributed by atoms with Crippen LogP contribution in [0.25, 0.3) is 11.4 Å². The molecular formula is C10H12ClN5O2S. The van der Waals surface area contributed by atoms with Crippen molar-refractivity contribution >= 4 is 27.1 Å². The van der Waals surface area contributed by atoms with E-state index in [9.17, 15) is 8.42 Å². The Bertz CT molecular complexity index is 698. The molecule has 0 unspecified atom stereocenters. The van der Waals surface area contributed by atoms with Gasteiger partial charge in [-0.1, -0.05) is 11.6 Å². The quantitative estimate of drug-likeness (QED) is 0.830. The van der Waals surface area contributed by atoms with Gasteiger partial charge >= 0.3 is 0 Å². The van der Waals surface area contributed by atoms with E-state index in [1.807, 2.05) is 0 Å². The summed E-state index contributed by atoms with van der Waals surface area (Å²) in [7, 11) is -3.09. The van der Waals surface area contributed by atoms with Crippen molar-refractivity contribution in [1.29, 1.82) is 0 Å². The number of hydrogen-bond donors (Lipinski definition) is 1. The molecule has 0 aliphatic heterocycles. The van der Waals surface area contributed by atoms with Gasteiger partial charge < -0.3 is 5.73 Å². The van der Waals surface area contributed by atoms with Crippen LogP contribution in [0.1, 0.15) is 0 Å². The van der Waals surface area contributed by atoms with E-state index in [1.165, 1.54) is 4.68 Å². The van der Waals surface area contributed by atoms with E-state index in [-0.39, 0.29) is 12.3 Å². The van der Waals surface area contributed by atoms with E-state index in [4.69, 9.17) is 17.3 Å². The van der Waals surface area contributed by atoms with E-state index in [1.54, 1.807) is 18.2 Å². The monoisotopic (exact) mass is 301 g/mol. The van der Waals surface area contributed by atoms with Gasteiger partial charge in [0, 0.05) is 17.5 Å². The second-order valence-corrected chi connectivity index (χ2v) is 6.76. The zero-order valence-electron chi connectivity index (χ0n) is 10.1. The Balaban J connectivity index is 2.33. The lowest BCUT2D eigenvalue weighted by Crippen LogP contribution is -2.13. The van der Waals surface area contributed by atoms with Crippen LogP contribution in [-0.4, -0.2) is 40.6 Å². The number of aryl methyl sites for hydroxylation is 1. The lowest BCUT2D eigenvalue weighted by Gasteiger charge is -2.06. The molecule has 2 N–H and O–H groups in total. The third-order valence-corrected chi connectivity index (χ3v) is 3.68. The predicted octanol–water partition coefficient (Wildman–Crippen LogP) is 0.620. The molecule has 102 valence electrons. The maximum Gasteiger partial charge on any atom is 0.183 e. The fourth-order valence-electron chi connectivity index (χ4n) is 1.51. The van der Waals surface area contributed by atoms with Crippen LogP contribution in [0.15, 0.2) is 18.2 Å². The molecule has 2 aromatic rings. The zero-order valence-corrected chi connectivity index (χ0v) is 11.7. The Morgan fingerprint density at radius 3 is 2.79 bits per heavy atom. The number of rotatable bonds is 4. The van der Waals surface area contributed by atoms with Gasteiger partial charge in [-0.05, 0) is 28.6 Å². The van der Waals surface area contributed by atoms with Crippen molar-refractivity contribution in [3.05, 3.63) is 23.2 Å². The molecule has 19 heavy (non-hydrogen) atoms. The third kappa shape index (κ3) is 3.42. The number of sulfone groups is 1. The van der Waals surface area contributed by atoms with Gasteiger partial charge in [0.15, 0.2) is 5.82 Å². The number of benzene rings is 1. The van der Waals surface area contributed by atoms with E-state index >= 15 is 0 Å². The largest absolute Gasteiger partial charge is 0.399 e. The molecule has 1 aromatic heterocycles. The molecule has 9 heteroatoms. The summed E-state index contributed by atoms with van der Waals surface area (Å²) in [5.41, 5.74) is 6.75. The van der Waals surface area contributed by atoms with Crippen molar-refractivity contribution in [2.45, 2.75) is 6.54 Å². The predicted molar refractivity (Wildman–Crippen MR) is 72.4 cm³/mol. The van der Waals surface area contributed by atoms with Crippen molar-refractivity contribution in [2.24, 2.45) is 0 Å². The molecule has 0 radical (unpaired) electrons. The highest BCUT2D eigenvalue weighted by Gasteiger charge is 2.14. The molecule has 0 bridgehead atoms. The van der Waals surface area contributed by atoms with Crippen LogP contribution < -0.4 is 5.73 Å². The first-order chi connectivity index (χ1) is 8.87. The molecule has 0 aliphatic rings. The lowest BCUT2D eigenvalue weighted by molar-refractivity contribution is 0.581. The number of halogens is 1. The average Bonchev–Trinajstić information content (AvgIpc) is 2.73. The number of tetrazole rings is 1. The molecule has 0 aliphatic carbocycles. The summed E-state index contributed by atoms with van der Waals surface area (Å²) in [6.07, 6.45) is 1.16. The fraction of sp³-hybridized carbons (Fsp3) is 0.300. The third-order valence-electron chi connectivity index (χ3n) is 2.44. The van der Waals surface area contributed by atoms with Gasteiger partial charge in [0.1, 0.15) is 9.84 Å². The molecule has 1 aromatic carbocycles. The summed E-state index contributed by atoms with van der Waals surface area (Å²) in [6, 6.07) is 4.96. The van der Waals surface area contributed by atoms with Gasteiger partial charge in [0.2, 0.25) is 0 Å². The van der Waals surface area contributed by atoms with E-state index < -0.39 is 9.84 Å². The highest BCUT2D eigenvalue weighted by atomic mass is 35.5. The highest BCUT2D eigenvalue weighted by Crippen LogP contribution is 2.27. The van der Waals surface area contributed by atoms with E-state index in [0.29, 0.717) is 22.1 Å². The molecular weight excluding hydrogens is 290 g/mol. The Morgan fingerprint density at radius 2 is 2.16 bits per heavy atom. The summed E-state index contributed by atoms with van der Waals surface area (Å²) in [5, 5.41) is 11.6. The van der Waals surface area contributed by atoms with Crippen molar-refractivity contribution < 1.29 is 8.42 Å². The van der Waals surface area contributed by atoms with Gasteiger partial charge in [-0.3, -0.25) is 0 Å². The summed E-state index contributed by atoms with van der Waals surface area (Å²) in [5.74, 6) is 0.367. The molecule has 1 heterocycles. The maximum atomic E-state index is 11.2. The van der Waals surface area contributed by atoms with Crippen LogP contribution in [0.5, 0.6) is 0 Å². The lowest BCUT2D eigenvalue weighted by atomic mass is 10.2. The first-order valence-electron chi connectivity index (χ1n) is 5.36. The number of nitrogens with two attached hydrogens (primary N) is 1. The number of nitrogens with zero attached hydrogens (tertiary/aromatic N) is 4. The molecule has 0 saturated heterocycles. The smallest absolute Gasteiger partial charge is 0.183 e. The van der Waals surface area contributed by atoms with E-state index in [0.717, 1.165) is 6.26 Å². The van der Waals surface area contributed by atoms with E-state index in [2.05, 4.69) is 15.5 Å². The van der Waals surface area contributed by atoms with Gasteiger partial charge in [0.25, 0.3) is 0 Å². The van der Waals surface area contributed by atoms with Crippen LogP contribution in [0.3, 0.4) is 0 Å². The zero-order chi connectivity index (χ0) is 14.0. The van der Waals surface area contributed by atoms with Gasteiger partial charge in [-0.2, -0.15) is 0 Å². The van der Waals surface area contributed by atoms with Crippen LogP contribution in [0.2, 0.25) is 5.02 Å². The Hall–Kier alpha value is -1.67. The normalized spacial score (nSPS) is 11.7. The number of hydrogen-bond acceptors (Lipinski definition) is 6. The van der Waals surface area contributed by atoms with Crippen LogP contribution >= 0.6 is 11.6 Å². The Kier molecular flexibility index (Phi) is 3.72. The van der Waals surface area contributed by atoms with Crippen molar-refractivity contribution in [3.8, 4) is 11.4 Å². The number of aromatic nitrogens is 4. The minimum Gasteiger partial charge on any atom is -0.399 e. The molecule has 7 nitrogen and oxygen atoms in total. The van der Waals surface area contributed by atoms with Gasteiger partial charge in [-0.25, -0.2) is 13.1 Å². The summed E-state index contributed by atoms with van der Waals surface area (Å²) < 4.78 is 23.7. The molecule has 0 spiro atoms. The second-order valence-electron chi connectivity index (χ2n) is 4.09.